The zero-order chi connectivity index (χ0) is 19.8. The zero-order valence-electron chi connectivity index (χ0n) is 15.5. The second-order valence-corrected chi connectivity index (χ2v) is 6.64. The van der Waals surface area contributed by atoms with E-state index >= 15 is 0 Å². The second kappa shape index (κ2) is 6.90. The number of benzene rings is 1. The number of aromatic amines is 1. The van der Waals surface area contributed by atoms with Crippen LogP contribution in [0.5, 0.6) is 0 Å². The van der Waals surface area contributed by atoms with Crippen molar-refractivity contribution in [3.8, 4) is 11.3 Å². The first-order chi connectivity index (χ1) is 14.2. The molecule has 4 heterocycles. The predicted molar refractivity (Wildman–Crippen MR) is 109 cm³/mol. The average molecular weight is 385 g/mol. The molecule has 7 nitrogen and oxygen atoms in total. The van der Waals surface area contributed by atoms with Crippen LogP contribution in [0.25, 0.3) is 33.5 Å². The third-order valence-electron chi connectivity index (χ3n) is 4.79. The minimum Gasteiger partial charge on any atom is -0.362 e. The summed E-state index contributed by atoms with van der Waals surface area (Å²) in [4.78, 5) is 24.8. The normalized spacial score (nSPS) is 12.3. The van der Waals surface area contributed by atoms with Crippen LogP contribution >= 0.6 is 0 Å². The Morgan fingerprint density at radius 3 is 2.79 bits per heavy atom. The molecule has 0 saturated heterocycles. The fraction of sp³-hybridized carbons (Fsp3) is 0.0952. The molecule has 0 amide bonds. The van der Waals surface area contributed by atoms with Gasteiger partial charge in [0.1, 0.15) is 17.7 Å². The highest BCUT2D eigenvalue weighted by molar-refractivity contribution is 5.83. The largest absolute Gasteiger partial charge is 0.362 e. The van der Waals surface area contributed by atoms with Crippen molar-refractivity contribution < 1.29 is 4.39 Å². The van der Waals surface area contributed by atoms with Gasteiger partial charge in [0.15, 0.2) is 11.5 Å². The lowest BCUT2D eigenvalue weighted by Gasteiger charge is -2.19. The third-order valence-corrected chi connectivity index (χ3v) is 4.79. The third kappa shape index (κ3) is 3.04. The molecule has 1 aromatic carbocycles. The number of hydrogen-bond acceptors (Lipinski definition) is 6. The summed E-state index contributed by atoms with van der Waals surface area (Å²) < 4.78 is 14.6. The predicted octanol–water partition coefficient (Wildman–Crippen LogP) is 4.28. The van der Waals surface area contributed by atoms with E-state index in [2.05, 4.69) is 30.2 Å². The summed E-state index contributed by atoms with van der Waals surface area (Å²) in [5.41, 5.74) is 4.55. The van der Waals surface area contributed by atoms with Gasteiger partial charge in [0.25, 0.3) is 0 Å². The van der Waals surface area contributed by atoms with E-state index < -0.39 is 0 Å². The Bertz CT molecular complexity index is 1330. The molecule has 29 heavy (non-hydrogen) atoms. The second-order valence-electron chi connectivity index (χ2n) is 6.64. The lowest BCUT2D eigenvalue weighted by molar-refractivity contribution is 0.630. The van der Waals surface area contributed by atoms with Gasteiger partial charge in [-0.3, -0.25) is 4.98 Å². The quantitative estimate of drug-likeness (QED) is 0.480. The highest BCUT2D eigenvalue weighted by atomic mass is 19.1. The average Bonchev–Trinajstić information content (AvgIpc) is 3.23. The number of H-pyrrole nitrogens is 1. The van der Waals surface area contributed by atoms with Gasteiger partial charge in [-0.15, -0.1) is 0 Å². The Balaban J connectivity index is 1.65. The van der Waals surface area contributed by atoms with Crippen LogP contribution in [0.15, 0.2) is 61.3 Å². The summed E-state index contributed by atoms with van der Waals surface area (Å²) >= 11 is 0. The van der Waals surface area contributed by atoms with Crippen molar-refractivity contribution in [2.24, 2.45) is 0 Å². The van der Waals surface area contributed by atoms with Crippen LogP contribution in [-0.2, 0) is 0 Å². The first-order valence-corrected chi connectivity index (χ1v) is 9.12. The number of pyridine rings is 2. The van der Waals surface area contributed by atoms with E-state index in [0.29, 0.717) is 33.8 Å². The molecule has 2 N–H and O–H groups in total. The summed E-state index contributed by atoms with van der Waals surface area (Å²) in [6, 6.07) is 12.0. The van der Waals surface area contributed by atoms with Gasteiger partial charge in [0.05, 0.1) is 29.1 Å². The first kappa shape index (κ1) is 17.2. The van der Waals surface area contributed by atoms with Crippen LogP contribution in [0.1, 0.15) is 18.5 Å². The van der Waals surface area contributed by atoms with Gasteiger partial charge in [-0.2, -0.15) is 0 Å². The van der Waals surface area contributed by atoms with Crippen LogP contribution in [0.3, 0.4) is 0 Å². The van der Waals surface area contributed by atoms with Crippen molar-refractivity contribution in [3.63, 3.8) is 0 Å². The summed E-state index contributed by atoms with van der Waals surface area (Å²) in [5, 5.41) is 3.37. The Hall–Kier alpha value is -3.94. The van der Waals surface area contributed by atoms with Gasteiger partial charge in [-0.1, -0.05) is 12.1 Å². The van der Waals surface area contributed by atoms with Crippen LogP contribution in [0.4, 0.5) is 10.2 Å². The van der Waals surface area contributed by atoms with Crippen molar-refractivity contribution in [2.45, 2.75) is 13.0 Å². The van der Waals surface area contributed by atoms with E-state index in [-0.39, 0.29) is 11.9 Å². The molecule has 0 radical (unpaired) electrons. The first-order valence-electron chi connectivity index (χ1n) is 9.12. The lowest BCUT2D eigenvalue weighted by atomic mass is 9.99. The van der Waals surface area contributed by atoms with Crippen molar-refractivity contribution in [1.29, 1.82) is 0 Å². The SMILES string of the molecule is CC(Nc1ncnc2nc[nH]c12)c1cc2ncccc2nc1-c1ccccc1F. The van der Waals surface area contributed by atoms with Crippen LogP contribution in [0.2, 0.25) is 0 Å². The maximum Gasteiger partial charge on any atom is 0.182 e. The summed E-state index contributed by atoms with van der Waals surface area (Å²) in [6.07, 6.45) is 4.74. The van der Waals surface area contributed by atoms with Gasteiger partial charge in [0, 0.05) is 17.3 Å². The molecule has 5 aromatic rings. The Kier molecular flexibility index (Phi) is 4.09. The topological polar surface area (TPSA) is 92.3 Å². The number of aromatic nitrogens is 6. The number of nitrogens with zero attached hydrogens (tertiary/aromatic N) is 5. The molecule has 0 aliphatic heterocycles. The molecular formula is C21H16FN7. The highest BCUT2D eigenvalue weighted by Gasteiger charge is 2.19. The van der Waals surface area contributed by atoms with E-state index in [0.717, 1.165) is 11.1 Å². The molecule has 4 aromatic heterocycles. The molecule has 0 fully saturated rings. The number of imidazole rings is 1. The zero-order valence-corrected chi connectivity index (χ0v) is 15.5. The molecule has 1 unspecified atom stereocenters. The molecule has 5 rings (SSSR count). The van der Waals surface area contributed by atoms with E-state index in [9.17, 15) is 4.39 Å². The molecular weight excluding hydrogens is 369 g/mol. The summed E-state index contributed by atoms with van der Waals surface area (Å²) in [5.74, 6) is 0.287. The maximum absolute atomic E-state index is 14.6. The Morgan fingerprint density at radius 1 is 1.00 bits per heavy atom. The minimum absolute atomic E-state index is 0.232. The fourth-order valence-corrected chi connectivity index (χ4v) is 3.37. The standard InChI is InChI=1S/C21H16FN7/c1-12(28-21-19-20(25-10-24-19)26-11-27-21)14-9-17-16(7-4-8-23-17)29-18(14)13-5-2-3-6-15(13)22/h2-12H,1H3,(H2,24,25,26,27,28). The fourth-order valence-electron chi connectivity index (χ4n) is 3.37. The molecule has 8 heteroatoms. The molecule has 1 atom stereocenters. The van der Waals surface area contributed by atoms with Crippen molar-refractivity contribution in [1.82, 2.24) is 29.9 Å². The van der Waals surface area contributed by atoms with E-state index in [1.165, 1.54) is 12.4 Å². The van der Waals surface area contributed by atoms with E-state index in [1.807, 2.05) is 25.1 Å². The number of halogens is 1. The van der Waals surface area contributed by atoms with Crippen LogP contribution < -0.4 is 5.32 Å². The summed E-state index contributed by atoms with van der Waals surface area (Å²) in [6.45, 7) is 1.97. The molecule has 0 aliphatic carbocycles. The number of anilines is 1. The maximum atomic E-state index is 14.6. The van der Waals surface area contributed by atoms with Crippen molar-refractivity contribution in [3.05, 3.63) is 72.7 Å². The molecule has 0 bridgehead atoms. The molecule has 0 saturated carbocycles. The minimum atomic E-state index is -0.324. The highest BCUT2D eigenvalue weighted by Crippen LogP contribution is 2.32. The van der Waals surface area contributed by atoms with Crippen LogP contribution in [-0.4, -0.2) is 29.9 Å². The number of fused-ring (bicyclic) bond motifs is 2. The molecule has 0 aliphatic rings. The smallest absolute Gasteiger partial charge is 0.182 e. The number of nitrogens with one attached hydrogen (secondary N) is 2. The van der Waals surface area contributed by atoms with Gasteiger partial charge in [-0.05, 0) is 37.3 Å². The van der Waals surface area contributed by atoms with Gasteiger partial charge in [0.2, 0.25) is 0 Å². The number of rotatable bonds is 4. The van der Waals surface area contributed by atoms with E-state index in [1.54, 1.807) is 30.7 Å². The Morgan fingerprint density at radius 2 is 1.90 bits per heavy atom. The lowest BCUT2D eigenvalue weighted by Crippen LogP contribution is -2.11. The monoisotopic (exact) mass is 385 g/mol. The van der Waals surface area contributed by atoms with Gasteiger partial charge >= 0.3 is 0 Å². The van der Waals surface area contributed by atoms with Crippen LogP contribution in [0, 0.1) is 5.82 Å². The Labute approximate surface area is 165 Å². The van der Waals surface area contributed by atoms with Gasteiger partial charge in [-0.25, -0.2) is 24.3 Å². The van der Waals surface area contributed by atoms with Gasteiger partial charge < -0.3 is 10.3 Å². The number of hydrogen-bond donors (Lipinski definition) is 2. The van der Waals surface area contributed by atoms with Crippen molar-refractivity contribution in [2.75, 3.05) is 5.32 Å². The molecule has 0 spiro atoms. The summed E-state index contributed by atoms with van der Waals surface area (Å²) in [7, 11) is 0. The molecule has 142 valence electrons. The van der Waals surface area contributed by atoms with Crippen molar-refractivity contribution >= 4 is 28.0 Å². The van der Waals surface area contributed by atoms with E-state index in [4.69, 9.17) is 4.98 Å².